The molecule has 0 spiro atoms. The van der Waals surface area contributed by atoms with Gasteiger partial charge in [0.25, 0.3) is 0 Å². The molecule has 0 aliphatic heterocycles. The van der Waals surface area contributed by atoms with Crippen LogP contribution >= 0.6 is 0 Å². The number of allylic oxidation sites excluding steroid dienone is 2. The minimum absolute atomic E-state index is 0.103. The molecule has 0 heterocycles. The van der Waals surface area contributed by atoms with Crippen LogP contribution in [0.4, 0.5) is 0 Å². The summed E-state index contributed by atoms with van der Waals surface area (Å²) in [4.78, 5) is 12.4. The highest BCUT2D eigenvalue weighted by molar-refractivity contribution is 5.93. The van der Waals surface area contributed by atoms with Crippen molar-refractivity contribution in [2.75, 3.05) is 7.11 Å². The molecule has 0 radical (unpaired) electrons. The standard InChI is InChI=1S/C22H24O4/c1-5-20(26-22(23)19-13-9-10-14-21(19)24-4)16(2)15-25-17(3)18-11-7-6-8-12-18/h5-15,17H,1-4H3/b16-15+,20-5-/t17-/m0/s1. The molecule has 26 heavy (non-hydrogen) atoms. The molecule has 0 aliphatic rings. The average Bonchev–Trinajstić information content (AvgIpc) is 2.70. The monoisotopic (exact) mass is 352 g/mol. The van der Waals surface area contributed by atoms with Gasteiger partial charge in [-0.2, -0.15) is 0 Å². The van der Waals surface area contributed by atoms with Crippen molar-refractivity contribution in [3.63, 3.8) is 0 Å². The van der Waals surface area contributed by atoms with Crippen LogP contribution in [-0.4, -0.2) is 13.1 Å². The number of carbonyl (C=O) groups is 1. The first-order valence-electron chi connectivity index (χ1n) is 8.45. The van der Waals surface area contributed by atoms with Crippen molar-refractivity contribution in [2.45, 2.75) is 26.9 Å². The van der Waals surface area contributed by atoms with Gasteiger partial charge in [-0.05, 0) is 44.5 Å². The lowest BCUT2D eigenvalue weighted by molar-refractivity contribution is 0.0625. The summed E-state index contributed by atoms with van der Waals surface area (Å²) in [6, 6.07) is 16.9. The zero-order chi connectivity index (χ0) is 18.9. The van der Waals surface area contributed by atoms with Crippen LogP contribution in [-0.2, 0) is 9.47 Å². The molecular weight excluding hydrogens is 328 g/mol. The highest BCUT2D eigenvalue weighted by atomic mass is 16.5. The van der Waals surface area contributed by atoms with Gasteiger partial charge in [-0.1, -0.05) is 42.5 Å². The van der Waals surface area contributed by atoms with E-state index in [0.717, 1.165) is 11.1 Å². The summed E-state index contributed by atoms with van der Waals surface area (Å²) in [5.41, 5.74) is 2.17. The first kappa shape index (κ1) is 19.3. The Bertz CT molecular complexity index is 791. The number of para-hydroxylation sites is 1. The summed E-state index contributed by atoms with van der Waals surface area (Å²) >= 11 is 0. The van der Waals surface area contributed by atoms with E-state index >= 15 is 0 Å². The third-order valence-corrected chi connectivity index (χ3v) is 3.90. The number of carbonyl (C=O) groups excluding carboxylic acids is 1. The summed E-state index contributed by atoms with van der Waals surface area (Å²) in [5.74, 6) is 0.448. The maximum absolute atomic E-state index is 12.4. The third kappa shape index (κ3) is 4.99. The maximum atomic E-state index is 12.4. The summed E-state index contributed by atoms with van der Waals surface area (Å²) < 4.78 is 16.5. The van der Waals surface area contributed by atoms with Crippen LogP contribution in [0.2, 0.25) is 0 Å². The van der Waals surface area contributed by atoms with Crippen molar-refractivity contribution in [3.8, 4) is 5.75 Å². The fourth-order valence-electron chi connectivity index (χ4n) is 2.40. The Morgan fingerprint density at radius 2 is 1.69 bits per heavy atom. The number of hydrogen-bond donors (Lipinski definition) is 0. The molecule has 136 valence electrons. The molecule has 0 amide bonds. The van der Waals surface area contributed by atoms with Crippen LogP contribution in [0.5, 0.6) is 5.75 Å². The van der Waals surface area contributed by atoms with Crippen LogP contribution < -0.4 is 4.74 Å². The normalized spacial score (nSPS) is 13.1. The molecule has 2 aromatic rings. The Balaban J connectivity index is 2.06. The molecular formula is C22H24O4. The highest BCUT2D eigenvalue weighted by Gasteiger charge is 2.16. The lowest BCUT2D eigenvalue weighted by Crippen LogP contribution is -2.08. The topological polar surface area (TPSA) is 44.8 Å². The predicted octanol–water partition coefficient (Wildman–Crippen LogP) is 5.44. The Labute approximate surface area is 154 Å². The Hall–Kier alpha value is -3.01. The van der Waals surface area contributed by atoms with Crippen molar-refractivity contribution in [3.05, 3.63) is 89.4 Å². The second-order valence-corrected chi connectivity index (χ2v) is 5.73. The van der Waals surface area contributed by atoms with E-state index in [-0.39, 0.29) is 6.10 Å². The van der Waals surface area contributed by atoms with E-state index in [1.165, 1.54) is 7.11 Å². The minimum Gasteiger partial charge on any atom is -0.496 e. The number of hydrogen-bond acceptors (Lipinski definition) is 4. The molecule has 4 nitrogen and oxygen atoms in total. The fourth-order valence-corrected chi connectivity index (χ4v) is 2.40. The summed E-state index contributed by atoms with van der Waals surface area (Å²) in [6.45, 7) is 5.61. The minimum atomic E-state index is -0.473. The molecule has 0 fully saturated rings. The largest absolute Gasteiger partial charge is 0.496 e. The molecule has 1 atom stereocenters. The lowest BCUT2D eigenvalue weighted by atomic mass is 10.1. The fraction of sp³-hybridized carbons (Fsp3) is 0.227. The number of esters is 1. The van der Waals surface area contributed by atoms with Gasteiger partial charge in [-0.15, -0.1) is 0 Å². The summed E-state index contributed by atoms with van der Waals surface area (Å²) in [6.07, 6.45) is 3.24. The Kier molecular flexibility index (Phi) is 7.03. The highest BCUT2D eigenvalue weighted by Crippen LogP contribution is 2.23. The molecule has 0 N–H and O–H groups in total. The van der Waals surface area contributed by atoms with Gasteiger partial charge < -0.3 is 14.2 Å². The molecule has 0 aliphatic carbocycles. The van der Waals surface area contributed by atoms with Crippen LogP contribution in [0, 0.1) is 0 Å². The number of benzene rings is 2. The molecule has 2 rings (SSSR count). The zero-order valence-electron chi connectivity index (χ0n) is 15.6. The van der Waals surface area contributed by atoms with Crippen LogP contribution in [0.3, 0.4) is 0 Å². The smallest absolute Gasteiger partial charge is 0.347 e. The molecule has 0 aromatic heterocycles. The summed E-state index contributed by atoms with van der Waals surface area (Å²) in [7, 11) is 1.52. The van der Waals surface area contributed by atoms with Crippen molar-refractivity contribution >= 4 is 5.97 Å². The van der Waals surface area contributed by atoms with E-state index in [2.05, 4.69) is 0 Å². The van der Waals surface area contributed by atoms with E-state index in [1.54, 1.807) is 36.6 Å². The van der Waals surface area contributed by atoms with Crippen LogP contribution in [0.15, 0.2) is 78.3 Å². The van der Waals surface area contributed by atoms with E-state index in [4.69, 9.17) is 14.2 Å². The average molecular weight is 352 g/mol. The number of methoxy groups -OCH3 is 1. The van der Waals surface area contributed by atoms with Gasteiger partial charge in [-0.25, -0.2) is 4.79 Å². The number of ether oxygens (including phenoxy) is 3. The van der Waals surface area contributed by atoms with Gasteiger partial charge in [0, 0.05) is 5.57 Å². The number of rotatable bonds is 7. The van der Waals surface area contributed by atoms with Gasteiger partial charge in [-0.3, -0.25) is 0 Å². The first-order valence-corrected chi connectivity index (χ1v) is 8.45. The molecule has 2 aromatic carbocycles. The lowest BCUT2D eigenvalue weighted by Gasteiger charge is -2.14. The first-order chi connectivity index (χ1) is 12.6. The molecule has 4 heteroatoms. The Morgan fingerprint density at radius 1 is 1.04 bits per heavy atom. The van der Waals surface area contributed by atoms with Gasteiger partial charge in [0.1, 0.15) is 23.2 Å². The van der Waals surface area contributed by atoms with E-state index in [1.807, 2.05) is 51.1 Å². The van der Waals surface area contributed by atoms with Crippen molar-refractivity contribution < 1.29 is 19.0 Å². The van der Waals surface area contributed by atoms with Crippen LogP contribution in [0.1, 0.15) is 42.8 Å². The third-order valence-electron chi connectivity index (χ3n) is 3.90. The quantitative estimate of drug-likeness (QED) is 0.378. The predicted molar refractivity (Wildman–Crippen MR) is 102 cm³/mol. The van der Waals surface area contributed by atoms with Crippen LogP contribution in [0.25, 0.3) is 0 Å². The van der Waals surface area contributed by atoms with Gasteiger partial charge in [0.2, 0.25) is 0 Å². The molecule has 0 bridgehead atoms. The Morgan fingerprint density at radius 3 is 2.35 bits per heavy atom. The second-order valence-electron chi connectivity index (χ2n) is 5.73. The maximum Gasteiger partial charge on any atom is 0.347 e. The van der Waals surface area contributed by atoms with E-state index in [0.29, 0.717) is 17.1 Å². The van der Waals surface area contributed by atoms with Gasteiger partial charge >= 0.3 is 5.97 Å². The summed E-state index contributed by atoms with van der Waals surface area (Å²) in [5, 5.41) is 0. The van der Waals surface area contributed by atoms with Crippen molar-refractivity contribution in [1.82, 2.24) is 0 Å². The van der Waals surface area contributed by atoms with Crippen molar-refractivity contribution in [2.24, 2.45) is 0 Å². The molecule has 0 saturated carbocycles. The molecule has 0 unspecified atom stereocenters. The van der Waals surface area contributed by atoms with Crippen molar-refractivity contribution in [1.29, 1.82) is 0 Å². The zero-order valence-corrected chi connectivity index (χ0v) is 15.6. The molecule has 0 saturated heterocycles. The van der Waals surface area contributed by atoms with Gasteiger partial charge in [0.05, 0.1) is 13.4 Å². The van der Waals surface area contributed by atoms with E-state index in [9.17, 15) is 4.79 Å². The van der Waals surface area contributed by atoms with E-state index < -0.39 is 5.97 Å². The second kappa shape index (κ2) is 9.47. The SMILES string of the molecule is C/C=C(OC(=O)c1ccccc1OC)/C(C)=C/O[C@@H](C)c1ccccc1. The van der Waals surface area contributed by atoms with Gasteiger partial charge in [0.15, 0.2) is 0 Å².